The lowest BCUT2D eigenvalue weighted by Gasteiger charge is -2.26. The number of anilines is 1. The smallest absolute Gasteiger partial charge is 0.414 e. The van der Waals surface area contributed by atoms with E-state index in [1.165, 1.54) is 12.0 Å². The molecular weight excluding hydrogens is 430 g/mol. The summed E-state index contributed by atoms with van der Waals surface area (Å²) in [5.41, 5.74) is 7.34. The van der Waals surface area contributed by atoms with Crippen molar-refractivity contribution in [1.82, 2.24) is 0 Å². The van der Waals surface area contributed by atoms with Crippen LogP contribution in [0.1, 0.15) is 54.5 Å². The van der Waals surface area contributed by atoms with Gasteiger partial charge in [0, 0.05) is 18.5 Å². The zero-order chi connectivity index (χ0) is 24.6. The van der Waals surface area contributed by atoms with E-state index in [9.17, 15) is 14.4 Å². The van der Waals surface area contributed by atoms with Crippen molar-refractivity contribution in [2.75, 3.05) is 25.7 Å². The van der Waals surface area contributed by atoms with Crippen LogP contribution in [0.25, 0.3) is 11.1 Å². The van der Waals surface area contributed by atoms with E-state index in [-0.39, 0.29) is 18.1 Å². The third kappa shape index (κ3) is 3.65. The maximum atomic E-state index is 13.2. The van der Waals surface area contributed by atoms with Crippen molar-refractivity contribution in [1.29, 1.82) is 0 Å². The molecule has 0 heterocycles. The molecule has 0 saturated heterocycles. The van der Waals surface area contributed by atoms with Crippen LogP contribution < -0.4 is 4.90 Å². The Morgan fingerprint density at radius 3 is 2.00 bits per heavy atom. The Morgan fingerprint density at radius 1 is 0.912 bits per heavy atom. The highest BCUT2D eigenvalue weighted by Gasteiger charge is 2.31. The minimum absolute atomic E-state index is 0.0684. The van der Waals surface area contributed by atoms with Crippen molar-refractivity contribution in [3.05, 3.63) is 87.5 Å². The summed E-state index contributed by atoms with van der Waals surface area (Å²) in [6.45, 7) is 5.37. The Hall–Kier alpha value is -3.93. The van der Waals surface area contributed by atoms with Crippen molar-refractivity contribution in [3.63, 3.8) is 0 Å². The molecule has 0 spiro atoms. The van der Waals surface area contributed by atoms with Crippen LogP contribution in [0.5, 0.6) is 0 Å². The van der Waals surface area contributed by atoms with Gasteiger partial charge in [0.15, 0.2) is 6.29 Å². The fourth-order valence-corrected chi connectivity index (χ4v) is 5.09. The molecule has 0 N–H and O–H groups in total. The van der Waals surface area contributed by atoms with Crippen LogP contribution in [0.4, 0.5) is 10.5 Å². The molecule has 3 aromatic carbocycles. The summed E-state index contributed by atoms with van der Waals surface area (Å²) in [7, 11) is 2.87. The van der Waals surface area contributed by atoms with Crippen LogP contribution in [-0.4, -0.2) is 39.1 Å². The lowest BCUT2D eigenvalue weighted by molar-refractivity contribution is 0.0599. The maximum Gasteiger partial charge on any atom is 0.414 e. The molecule has 6 nitrogen and oxygen atoms in total. The van der Waals surface area contributed by atoms with Crippen LogP contribution in [0, 0.1) is 20.8 Å². The number of carbonyl (C=O) groups is 3. The zero-order valence-corrected chi connectivity index (χ0v) is 20.0. The SMILES string of the molecule is COC(=O)c1c(C)c(C=O)c(C)c(N(C)C(=O)OCC2c3ccccc3-c3ccccc32)c1C. The predicted octanol–water partition coefficient (Wildman–Crippen LogP) is 5.60. The van der Waals surface area contributed by atoms with Gasteiger partial charge in [-0.3, -0.25) is 9.69 Å². The van der Waals surface area contributed by atoms with Gasteiger partial charge >= 0.3 is 12.1 Å². The second-order valence-electron chi connectivity index (χ2n) is 8.48. The molecular formula is C28H27NO5. The molecule has 0 atom stereocenters. The monoisotopic (exact) mass is 457 g/mol. The molecule has 0 saturated carbocycles. The van der Waals surface area contributed by atoms with Crippen molar-refractivity contribution in [2.24, 2.45) is 0 Å². The largest absolute Gasteiger partial charge is 0.465 e. The Kier molecular flexibility index (Phi) is 6.24. The number of aldehydes is 1. The van der Waals surface area contributed by atoms with Gasteiger partial charge in [0.05, 0.1) is 18.4 Å². The van der Waals surface area contributed by atoms with Crippen LogP contribution in [0.3, 0.4) is 0 Å². The average Bonchev–Trinajstić information content (AvgIpc) is 3.16. The van der Waals surface area contributed by atoms with Crippen LogP contribution in [0.2, 0.25) is 0 Å². The molecule has 1 amide bonds. The highest BCUT2D eigenvalue weighted by molar-refractivity contribution is 6.01. The van der Waals surface area contributed by atoms with E-state index in [4.69, 9.17) is 9.47 Å². The molecule has 0 bridgehead atoms. The first-order valence-corrected chi connectivity index (χ1v) is 11.1. The van der Waals surface area contributed by atoms with Gasteiger partial charge in [0.2, 0.25) is 0 Å². The van der Waals surface area contributed by atoms with Gasteiger partial charge in [-0.25, -0.2) is 9.59 Å². The molecule has 0 aromatic heterocycles. The summed E-state index contributed by atoms with van der Waals surface area (Å²) >= 11 is 0. The van der Waals surface area contributed by atoms with Gasteiger partial charge in [-0.15, -0.1) is 0 Å². The van der Waals surface area contributed by atoms with Crippen LogP contribution >= 0.6 is 0 Å². The molecule has 1 aliphatic carbocycles. The number of amides is 1. The van der Waals surface area contributed by atoms with Gasteiger partial charge in [-0.1, -0.05) is 48.5 Å². The number of carbonyl (C=O) groups excluding carboxylic acids is 3. The number of ether oxygens (including phenoxy) is 2. The first-order chi connectivity index (χ1) is 16.3. The molecule has 0 unspecified atom stereocenters. The Morgan fingerprint density at radius 2 is 1.47 bits per heavy atom. The maximum absolute atomic E-state index is 13.2. The van der Waals surface area contributed by atoms with Crippen molar-refractivity contribution >= 4 is 24.0 Å². The quantitative estimate of drug-likeness (QED) is 0.369. The normalized spacial score (nSPS) is 12.0. The van der Waals surface area contributed by atoms with Crippen molar-refractivity contribution < 1.29 is 23.9 Å². The number of methoxy groups -OCH3 is 1. The molecule has 174 valence electrons. The number of esters is 1. The van der Waals surface area contributed by atoms with Crippen LogP contribution in [0.15, 0.2) is 48.5 Å². The molecule has 34 heavy (non-hydrogen) atoms. The highest BCUT2D eigenvalue weighted by Crippen LogP contribution is 2.44. The number of nitrogens with zero attached hydrogens (tertiary/aromatic N) is 1. The number of hydrogen-bond acceptors (Lipinski definition) is 5. The van der Waals surface area contributed by atoms with Gasteiger partial charge in [0.1, 0.15) is 6.61 Å². The molecule has 0 fully saturated rings. The zero-order valence-electron chi connectivity index (χ0n) is 20.0. The number of fused-ring (bicyclic) bond motifs is 3. The van der Waals surface area contributed by atoms with Crippen molar-refractivity contribution in [2.45, 2.75) is 26.7 Å². The molecule has 1 aliphatic rings. The summed E-state index contributed by atoms with van der Waals surface area (Å²) in [5.74, 6) is -0.624. The Balaban J connectivity index is 1.65. The number of rotatable bonds is 5. The van der Waals surface area contributed by atoms with E-state index < -0.39 is 12.1 Å². The number of hydrogen-bond donors (Lipinski definition) is 0. The van der Waals surface area contributed by atoms with Crippen LogP contribution in [-0.2, 0) is 9.47 Å². The lowest BCUT2D eigenvalue weighted by Crippen LogP contribution is -2.31. The first-order valence-electron chi connectivity index (χ1n) is 11.1. The topological polar surface area (TPSA) is 72.9 Å². The molecule has 6 heteroatoms. The molecule has 0 aliphatic heterocycles. The van der Waals surface area contributed by atoms with Crippen molar-refractivity contribution in [3.8, 4) is 11.1 Å². The minimum atomic E-state index is -0.565. The van der Waals surface area contributed by atoms with Gasteiger partial charge in [0.25, 0.3) is 0 Å². The lowest BCUT2D eigenvalue weighted by atomic mass is 9.91. The standard InChI is InChI=1S/C28H27NO5/c1-16-23(14-30)17(2)26(18(3)25(16)27(31)33-5)29(4)28(32)34-15-24-21-12-8-6-10-19(21)20-11-7-9-13-22(20)24/h6-14,24H,15H2,1-5H3. The van der Waals surface area contributed by atoms with E-state index in [0.717, 1.165) is 22.3 Å². The van der Waals surface area contributed by atoms with Gasteiger partial charge < -0.3 is 9.47 Å². The minimum Gasteiger partial charge on any atom is -0.465 e. The third-order valence-electron chi connectivity index (χ3n) is 6.72. The highest BCUT2D eigenvalue weighted by atomic mass is 16.6. The summed E-state index contributed by atoms with van der Waals surface area (Å²) in [4.78, 5) is 38.8. The van der Waals surface area contributed by atoms with Gasteiger partial charge in [-0.05, 0) is 59.7 Å². The second-order valence-corrected chi connectivity index (χ2v) is 8.48. The summed E-state index contributed by atoms with van der Waals surface area (Å²) in [6.07, 6.45) is 0.135. The predicted molar refractivity (Wildman–Crippen MR) is 131 cm³/mol. The fourth-order valence-electron chi connectivity index (χ4n) is 5.09. The first kappa shape index (κ1) is 23.2. The van der Waals surface area contributed by atoms with Gasteiger partial charge in [-0.2, -0.15) is 0 Å². The Labute approximate surface area is 199 Å². The summed E-state index contributed by atoms with van der Waals surface area (Å²) in [6, 6.07) is 16.3. The average molecular weight is 458 g/mol. The molecule has 0 radical (unpaired) electrons. The molecule has 3 aromatic rings. The fraction of sp³-hybridized carbons (Fsp3) is 0.250. The van der Waals surface area contributed by atoms with E-state index in [2.05, 4.69) is 24.3 Å². The second kappa shape index (κ2) is 9.14. The van der Waals surface area contributed by atoms with E-state index in [1.54, 1.807) is 27.8 Å². The third-order valence-corrected chi connectivity index (χ3v) is 6.72. The Bertz CT molecular complexity index is 1260. The van der Waals surface area contributed by atoms with E-state index in [1.807, 2.05) is 24.3 Å². The van der Waals surface area contributed by atoms with E-state index in [0.29, 0.717) is 34.2 Å². The number of benzene rings is 3. The van der Waals surface area contributed by atoms with E-state index >= 15 is 0 Å². The molecule has 4 rings (SSSR count). The summed E-state index contributed by atoms with van der Waals surface area (Å²) < 4.78 is 10.7. The summed E-state index contributed by atoms with van der Waals surface area (Å²) in [5, 5.41) is 0.